The van der Waals surface area contributed by atoms with E-state index in [1.165, 1.54) is 6.07 Å². The van der Waals surface area contributed by atoms with Gasteiger partial charge in [0.1, 0.15) is 11.5 Å². The number of nitrogens with zero attached hydrogens (tertiary/aromatic N) is 2. The molecule has 1 aliphatic rings. The molecule has 0 saturated heterocycles. The zero-order valence-corrected chi connectivity index (χ0v) is 17.5. The molecule has 1 saturated carbocycles. The third-order valence-corrected chi connectivity index (χ3v) is 5.97. The van der Waals surface area contributed by atoms with Crippen LogP contribution in [0.5, 0.6) is 5.75 Å². The third-order valence-electron chi connectivity index (χ3n) is 5.75. The van der Waals surface area contributed by atoms with Crippen molar-refractivity contribution in [1.29, 1.82) is 0 Å². The van der Waals surface area contributed by atoms with E-state index in [1.54, 1.807) is 35.2 Å². The lowest BCUT2D eigenvalue weighted by Crippen LogP contribution is -2.25. The van der Waals surface area contributed by atoms with Gasteiger partial charge in [0.15, 0.2) is 0 Å². The molecular weight excluding hydrogens is 400 g/mol. The number of carbonyl (C=O) groups excluding carboxylic acids is 1. The van der Waals surface area contributed by atoms with Crippen molar-refractivity contribution in [2.24, 2.45) is 5.92 Å². The molecule has 0 spiro atoms. The number of aromatic nitrogens is 2. The maximum atomic E-state index is 13.0. The number of hydrogen-bond donors (Lipinski definition) is 0. The number of ketones is 1. The second-order valence-corrected chi connectivity index (χ2v) is 8.10. The van der Waals surface area contributed by atoms with Crippen molar-refractivity contribution in [1.82, 2.24) is 9.55 Å². The molecular formula is C24H23ClN2O3. The van der Waals surface area contributed by atoms with Crippen molar-refractivity contribution in [2.45, 2.75) is 31.7 Å². The predicted molar refractivity (Wildman–Crippen MR) is 116 cm³/mol. The summed E-state index contributed by atoms with van der Waals surface area (Å²) >= 11 is 5.89. The fourth-order valence-corrected chi connectivity index (χ4v) is 4.04. The van der Waals surface area contributed by atoms with E-state index in [0.29, 0.717) is 29.6 Å². The van der Waals surface area contributed by atoms with Gasteiger partial charge in [-0.05, 0) is 37.1 Å². The van der Waals surface area contributed by atoms with E-state index in [4.69, 9.17) is 16.3 Å². The minimum Gasteiger partial charge on any atom is -0.491 e. The Morgan fingerprint density at radius 2 is 2.00 bits per heavy atom. The van der Waals surface area contributed by atoms with Gasteiger partial charge in [-0.1, -0.05) is 41.9 Å². The van der Waals surface area contributed by atoms with Crippen LogP contribution < -0.4 is 10.3 Å². The number of hydrogen-bond acceptors (Lipinski definition) is 4. The lowest BCUT2D eigenvalue weighted by atomic mass is 9.92. The Balaban J connectivity index is 1.53. The number of carbonyl (C=O) groups is 1. The molecule has 0 aliphatic heterocycles. The highest BCUT2D eigenvalue weighted by atomic mass is 35.5. The molecule has 0 amide bonds. The van der Waals surface area contributed by atoms with E-state index in [1.807, 2.05) is 37.3 Å². The van der Waals surface area contributed by atoms with Gasteiger partial charge in [0.2, 0.25) is 0 Å². The van der Waals surface area contributed by atoms with E-state index in [0.717, 1.165) is 12.0 Å². The quantitative estimate of drug-likeness (QED) is 0.549. The summed E-state index contributed by atoms with van der Waals surface area (Å²) in [6.07, 6.45) is 4.29. The number of pyridine rings is 2. The summed E-state index contributed by atoms with van der Waals surface area (Å²) in [5, 5.41) is 0.554. The van der Waals surface area contributed by atoms with E-state index in [9.17, 15) is 9.59 Å². The van der Waals surface area contributed by atoms with Crippen LogP contribution in [0.15, 0.2) is 71.8 Å². The normalized spacial score (nSPS) is 20.0. The molecule has 154 valence electrons. The maximum Gasteiger partial charge on any atom is 0.250 e. The predicted octanol–water partition coefficient (Wildman–Crippen LogP) is 4.07. The molecule has 5 nitrogen and oxygen atoms in total. The molecule has 30 heavy (non-hydrogen) atoms. The molecule has 1 aromatic carbocycles. The zero-order valence-electron chi connectivity index (χ0n) is 16.8. The molecule has 0 bridgehead atoms. The highest BCUT2D eigenvalue weighted by Crippen LogP contribution is 2.55. The van der Waals surface area contributed by atoms with Crippen LogP contribution in [0.3, 0.4) is 0 Å². The van der Waals surface area contributed by atoms with Crippen molar-refractivity contribution >= 4 is 17.4 Å². The molecule has 2 atom stereocenters. The van der Waals surface area contributed by atoms with Crippen LogP contribution in [0.1, 0.15) is 24.6 Å². The SMILES string of the molecule is CCn1cc(OCC2(c3ccccc3)CC2C(=O)Cc2ccc(Cl)cn2)ccc1=O. The van der Waals surface area contributed by atoms with Crippen LogP contribution in [-0.4, -0.2) is 21.9 Å². The van der Waals surface area contributed by atoms with E-state index < -0.39 is 0 Å². The molecule has 3 aromatic rings. The second kappa shape index (κ2) is 8.44. The van der Waals surface area contributed by atoms with Crippen molar-refractivity contribution in [3.8, 4) is 5.75 Å². The minimum absolute atomic E-state index is 0.0578. The van der Waals surface area contributed by atoms with E-state index >= 15 is 0 Å². The fraction of sp³-hybridized carbons (Fsp3) is 0.292. The number of Topliss-reactive ketones (excluding diaryl/α,β-unsaturated/α-hetero) is 1. The van der Waals surface area contributed by atoms with Crippen LogP contribution >= 0.6 is 11.6 Å². The summed E-state index contributed by atoms with van der Waals surface area (Å²) in [5.74, 6) is 0.648. The molecule has 0 radical (unpaired) electrons. The monoisotopic (exact) mass is 422 g/mol. The molecule has 4 rings (SSSR count). The average molecular weight is 423 g/mol. The van der Waals surface area contributed by atoms with Crippen LogP contribution in [0.4, 0.5) is 0 Å². The Kier molecular flexibility index (Phi) is 5.73. The Morgan fingerprint density at radius 1 is 1.20 bits per heavy atom. The summed E-state index contributed by atoms with van der Waals surface area (Å²) < 4.78 is 7.69. The minimum atomic E-state index is -0.363. The third kappa shape index (κ3) is 4.17. The first-order valence-corrected chi connectivity index (χ1v) is 10.4. The Hall–Kier alpha value is -2.92. The Morgan fingerprint density at radius 3 is 2.70 bits per heavy atom. The zero-order chi connectivity index (χ0) is 21.1. The van der Waals surface area contributed by atoms with Gasteiger partial charge in [-0.2, -0.15) is 0 Å². The molecule has 1 fully saturated rings. The first-order chi connectivity index (χ1) is 14.5. The molecule has 2 heterocycles. The Bertz CT molecular complexity index is 1100. The number of aryl methyl sites for hydroxylation is 1. The van der Waals surface area contributed by atoms with Crippen molar-refractivity contribution in [3.05, 3.63) is 93.6 Å². The van der Waals surface area contributed by atoms with Crippen LogP contribution in [-0.2, 0) is 23.2 Å². The summed E-state index contributed by atoms with van der Waals surface area (Å²) in [7, 11) is 0. The topological polar surface area (TPSA) is 61.2 Å². The van der Waals surface area contributed by atoms with Crippen LogP contribution in [0.25, 0.3) is 0 Å². The van der Waals surface area contributed by atoms with Crippen molar-refractivity contribution < 1.29 is 9.53 Å². The number of ether oxygens (including phenoxy) is 1. The first-order valence-electron chi connectivity index (χ1n) is 10.0. The number of benzene rings is 1. The second-order valence-electron chi connectivity index (χ2n) is 7.67. The standard InChI is InChI=1S/C24H23ClN2O3/c1-2-27-15-20(10-11-23(27)29)30-16-24(17-6-4-3-5-7-17)13-21(24)22(28)12-19-9-8-18(25)14-26-19/h3-11,14-15,21H,2,12-13,16H2,1H3. The molecule has 6 heteroatoms. The molecule has 0 N–H and O–H groups in total. The van der Waals surface area contributed by atoms with E-state index in [2.05, 4.69) is 4.98 Å². The smallest absolute Gasteiger partial charge is 0.250 e. The van der Waals surface area contributed by atoms with E-state index in [-0.39, 0.29) is 29.1 Å². The van der Waals surface area contributed by atoms with Gasteiger partial charge < -0.3 is 9.30 Å². The lowest BCUT2D eigenvalue weighted by Gasteiger charge is -2.19. The fourth-order valence-electron chi connectivity index (χ4n) is 3.93. The number of rotatable bonds is 8. The summed E-state index contributed by atoms with van der Waals surface area (Å²) in [6, 6.07) is 16.8. The van der Waals surface area contributed by atoms with Crippen molar-refractivity contribution in [3.63, 3.8) is 0 Å². The molecule has 2 aromatic heterocycles. The van der Waals surface area contributed by atoms with Gasteiger partial charge >= 0.3 is 0 Å². The van der Waals surface area contributed by atoms with Gasteiger partial charge in [0, 0.05) is 48.5 Å². The largest absolute Gasteiger partial charge is 0.491 e. The Labute approximate surface area is 180 Å². The van der Waals surface area contributed by atoms with Crippen molar-refractivity contribution in [2.75, 3.05) is 6.61 Å². The van der Waals surface area contributed by atoms with Gasteiger partial charge in [-0.3, -0.25) is 14.6 Å². The number of halogens is 1. The summed E-state index contributed by atoms with van der Waals surface area (Å²) in [6.45, 7) is 2.87. The van der Waals surface area contributed by atoms with Gasteiger partial charge in [0.05, 0.1) is 11.6 Å². The molecule has 2 unspecified atom stereocenters. The summed E-state index contributed by atoms with van der Waals surface area (Å²) in [4.78, 5) is 29.1. The highest BCUT2D eigenvalue weighted by Gasteiger charge is 2.59. The van der Waals surface area contributed by atoms with Gasteiger partial charge in [0.25, 0.3) is 5.56 Å². The van der Waals surface area contributed by atoms with Crippen LogP contribution in [0, 0.1) is 5.92 Å². The van der Waals surface area contributed by atoms with Gasteiger partial charge in [-0.15, -0.1) is 0 Å². The summed E-state index contributed by atoms with van der Waals surface area (Å²) in [5.41, 5.74) is 1.39. The maximum absolute atomic E-state index is 13.0. The first kappa shape index (κ1) is 20.4. The average Bonchev–Trinajstić information content (AvgIpc) is 3.51. The molecule has 1 aliphatic carbocycles. The lowest BCUT2D eigenvalue weighted by molar-refractivity contribution is -0.120. The highest BCUT2D eigenvalue weighted by molar-refractivity contribution is 6.30. The van der Waals surface area contributed by atoms with Gasteiger partial charge in [-0.25, -0.2) is 0 Å². The van der Waals surface area contributed by atoms with Crippen LogP contribution in [0.2, 0.25) is 5.02 Å².